The summed E-state index contributed by atoms with van der Waals surface area (Å²) in [7, 11) is 1.82. The van der Waals surface area contributed by atoms with Gasteiger partial charge in [0.25, 0.3) is 0 Å². The third kappa shape index (κ3) is 2.57. The maximum atomic E-state index is 13.8. The summed E-state index contributed by atoms with van der Waals surface area (Å²) in [5, 5.41) is 3.13. The van der Waals surface area contributed by atoms with Gasteiger partial charge in [-0.1, -0.05) is 29.3 Å². The number of nitrogens with one attached hydrogen (secondary N) is 1. The van der Waals surface area contributed by atoms with Crippen molar-refractivity contribution < 1.29 is 4.39 Å². The van der Waals surface area contributed by atoms with Crippen LogP contribution in [0, 0.1) is 19.7 Å². The summed E-state index contributed by atoms with van der Waals surface area (Å²) in [4.78, 5) is 4.15. The Kier molecular flexibility index (Phi) is 3.72. The van der Waals surface area contributed by atoms with Crippen molar-refractivity contribution >= 4 is 0 Å². The molecule has 1 aromatic carbocycles. The predicted molar refractivity (Wildman–Crippen MR) is 71.0 cm³/mol. The number of halogens is 1. The van der Waals surface area contributed by atoms with Crippen LogP contribution >= 0.6 is 0 Å². The zero-order valence-electron chi connectivity index (χ0n) is 10.9. The van der Waals surface area contributed by atoms with Gasteiger partial charge in [0.15, 0.2) is 0 Å². The van der Waals surface area contributed by atoms with E-state index in [9.17, 15) is 4.39 Å². The van der Waals surface area contributed by atoms with Gasteiger partial charge in [-0.25, -0.2) is 4.39 Å². The third-order valence-corrected chi connectivity index (χ3v) is 2.93. The maximum Gasteiger partial charge on any atom is 0.146 e. The molecule has 2 nitrogen and oxygen atoms in total. The lowest BCUT2D eigenvalue weighted by atomic mass is 9.98. The summed E-state index contributed by atoms with van der Waals surface area (Å²) in [6.07, 6.45) is 1.62. The molecule has 1 unspecified atom stereocenters. The van der Waals surface area contributed by atoms with Crippen LogP contribution in [0.2, 0.25) is 0 Å². The van der Waals surface area contributed by atoms with Crippen LogP contribution in [0.25, 0.3) is 0 Å². The van der Waals surface area contributed by atoms with E-state index in [1.54, 1.807) is 12.3 Å². The monoisotopic (exact) mass is 244 g/mol. The molecule has 0 aliphatic heterocycles. The summed E-state index contributed by atoms with van der Waals surface area (Å²) < 4.78 is 13.8. The first-order valence-corrected chi connectivity index (χ1v) is 5.97. The summed E-state index contributed by atoms with van der Waals surface area (Å²) in [6.45, 7) is 4.08. The molecular formula is C15H17FN2. The fourth-order valence-corrected chi connectivity index (χ4v) is 2.25. The lowest BCUT2D eigenvalue weighted by molar-refractivity contribution is 0.559. The SMILES string of the molecule is CNC(c1cc(C)cc(C)c1)c1ncccc1F. The molecular weight excluding hydrogens is 227 g/mol. The fraction of sp³-hybridized carbons (Fsp3) is 0.267. The maximum absolute atomic E-state index is 13.8. The summed E-state index contributed by atoms with van der Waals surface area (Å²) >= 11 is 0. The van der Waals surface area contributed by atoms with Gasteiger partial charge in [-0.2, -0.15) is 0 Å². The minimum absolute atomic E-state index is 0.218. The van der Waals surface area contributed by atoms with E-state index in [0.29, 0.717) is 5.69 Å². The summed E-state index contributed by atoms with van der Waals surface area (Å²) in [5.74, 6) is -0.281. The third-order valence-electron chi connectivity index (χ3n) is 2.93. The number of pyridine rings is 1. The van der Waals surface area contributed by atoms with Gasteiger partial charge in [-0.15, -0.1) is 0 Å². The quantitative estimate of drug-likeness (QED) is 0.897. The summed E-state index contributed by atoms with van der Waals surface area (Å²) in [6, 6.07) is 9.04. The molecule has 2 aromatic rings. The highest BCUT2D eigenvalue weighted by atomic mass is 19.1. The number of aryl methyl sites for hydroxylation is 2. The first-order chi connectivity index (χ1) is 8.61. The van der Waals surface area contributed by atoms with E-state index in [-0.39, 0.29) is 11.9 Å². The number of rotatable bonds is 3. The van der Waals surface area contributed by atoms with E-state index >= 15 is 0 Å². The molecule has 0 bridgehead atoms. The topological polar surface area (TPSA) is 24.9 Å². The Morgan fingerprint density at radius 3 is 2.39 bits per heavy atom. The van der Waals surface area contributed by atoms with Crippen molar-refractivity contribution in [2.24, 2.45) is 0 Å². The van der Waals surface area contributed by atoms with Crippen molar-refractivity contribution in [3.8, 4) is 0 Å². The molecule has 18 heavy (non-hydrogen) atoms. The van der Waals surface area contributed by atoms with Gasteiger partial charge in [-0.3, -0.25) is 4.98 Å². The molecule has 3 heteroatoms. The Balaban J connectivity index is 2.48. The van der Waals surface area contributed by atoms with Crippen LogP contribution < -0.4 is 5.32 Å². The second kappa shape index (κ2) is 5.27. The van der Waals surface area contributed by atoms with Crippen LogP contribution in [0.15, 0.2) is 36.5 Å². The highest BCUT2D eigenvalue weighted by Crippen LogP contribution is 2.24. The van der Waals surface area contributed by atoms with Gasteiger partial charge in [0, 0.05) is 6.20 Å². The smallest absolute Gasteiger partial charge is 0.146 e. The molecule has 94 valence electrons. The van der Waals surface area contributed by atoms with E-state index in [0.717, 1.165) is 5.56 Å². The average molecular weight is 244 g/mol. The van der Waals surface area contributed by atoms with E-state index in [2.05, 4.69) is 28.5 Å². The lowest BCUT2D eigenvalue weighted by Crippen LogP contribution is -2.20. The molecule has 2 rings (SSSR count). The number of hydrogen-bond acceptors (Lipinski definition) is 2. The van der Waals surface area contributed by atoms with Crippen molar-refractivity contribution in [3.63, 3.8) is 0 Å². The molecule has 0 spiro atoms. The molecule has 0 saturated carbocycles. The van der Waals surface area contributed by atoms with Gasteiger partial charge in [-0.05, 0) is 38.6 Å². The largest absolute Gasteiger partial charge is 0.308 e. The van der Waals surface area contributed by atoms with Crippen molar-refractivity contribution in [1.82, 2.24) is 10.3 Å². The molecule has 0 radical (unpaired) electrons. The van der Waals surface area contributed by atoms with Gasteiger partial charge in [0.1, 0.15) is 5.82 Å². The Morgan fingerprint density at radius 1 is 1.17 bits per heavy atom. The second-order valence-electron chi connectivity index (χ2n) is 4.51. The van der Waals surface area contributed by atoms with Crippen LogP contribution in [-0.4, -0.2) is 12.0 Å². The molecule has 0 saturated heterocycles. The molecule has 0 fully saturated rings. The molecule has 1 aromatic heterocycles. The Morgan fingerprint density at radius 2 is 1.83 bits per heavy atom. The van der Waals surface area contributed by atoms with E-state index in [4.69, 9.17) is 0 Å². The zero-order chi connectivity index (χ0) is 13.1. The predicted octanol–water partition coefficient (Wildman–Crippen LogP) is 3.15. The molecule has 1 N–H and O–H groups in total. The van der Waals surface area contributed by atoms with Crippen LogP contribution in [0.3, 0.4) is 0 Å². The van der Waals surface area contributed by atoms with Gasteiger partial charge in [0.05, 0.1) is 11.7 Å². The van der Waals surface area contributed by atoms with Crippen molar-refractivity contribution in [2.45, 2.75) is 19.9 Å². The van der Waals surface area contributed by atoms with Crippen molar-refractivity contribution in [2.75, 3.05) is 7.05 Å². The minimum atomic E-state index is -0.281. The lowest BCUT2D eigenvalue weighted by Gasteiger charge is -2.18. The molecule has 0 aliphatic rings. The van der Waals surface area contributed by atoms with Crippen LogP contribution in [0.1, 0.15) is 28.4 Å². The normalized spacial score (nSPS) is 12.4. The highest BCUT2D eigenvalue weighted by molar-refractivity contribution is 5.35. The Labute approximate surface area is 107 Å². The van der Waals surface area contributed by atoms with Gasteiger partial charge < -0.3 is 5.32 Å². The van der Waals surface area contributed by atoms with Gasteiger partial charge in [0.2, 0.25) is 0 Å². The highest BCUT2D eigenvalue weighted by Gasteiger charge is 2.17. The van der Waals surface area contributed by atoms with Crippen LogP contribution in [0.4, 0.5) is 4.39 Å². The van der Waals surface area contributed by atoms with Crippen LogP contribution in [-0.2, 0) is 0 Å². The molecule has 1 heterocycles. The van der Waals surface area contributed by atoms with Gasteiger partial charge >= 0.3 is 0 Å². The summed E-state index contributed by atoms with van der Waals surface area (Å²) in [5.41, 5.74) is 3.81. The van der Waals surface area contributed by atoms with Crippen molar-refractivity contribution in [1.29, 1.82) is 0 Å². The zero-order valence-corrected chi connectivity index (χ0v) is 10.9. The number of benzene rings is 1. The Hall–Kier alpha value is -1.74. The fourth-order valence-electron chi connectivity index (χ4n) is 2.25. The van der Waals surface area contributed by atoms with E-state index in [1.807, 2.05) is 20.9 Å². The van der Waals surface area contributed by atoms with E-state index < -0.39 is 0 Å². The molecule has 0 aliphatic carbocycles. The van der Waals surface area contributed by atoms with E-state index in [1.165, 1.54) is 17.2 Å². The number of aromatic nitrogens is 1. The molecule has 1 atom stereocenters. The number of nitrogens with zero attached hydrogens (tertiary/aromatic N) is 1. The number of hydrogen-bond donors (Lipinski definition) is 1. The van der Waals surface area contributed by atoms with Crippen molar-refractivity contribution in [3.05, 3.63) is 64.7 Å². The van der Waals surface area contributed by atoms with Crippen LogP contribution in [0.5, 0.6) is 0 Å². The second-order valence-corrected chi connectivity index (χ2v) is 4.51. The molecule has 0 amide bonds. The Bertz CT molecular complexity index is 532. The standard InChI is InChI=1S/C15H17FN2/c1-10-7-11(2)9-12(8-10)14(17-3)15-13(16)5-4-6-18-15/h4-9,14,17H,1-3H3. The average Bonchev–Trinajstić information content (AvgIpc) is 2.31. The minimum Gasteiger partial charge on any atom is -0.308 e. The first-order valence-electron chi connectivity index (χ1n) is 5.97. The first kappa shape index (κ1) is 12.7.